The maximum absolute atomic E-state index is 4.33. The molecule has 0 aliphatic heterocycles. The van der Waals surface area contributed by atoms with Crippen molar-refractivity contribution < 1.29 is 0 Å². The summed E-state index contributed by atoms with van der Waals surface area (Å²) in [5, 5.41) is 0. The monoisotopic (exact) mass is 408 g/mol. The van der Waals surface area contributed by atoms with E-state index in [9.17, 15) is 0 Å². The summed E-state index contributed by atoms with van der Waals surface area (Å²) in [7, 11) is 0. The molecule has 5 rings (SSSR count). The van der Waals surface area contributed by atoms with Crippen molar-refractivity contribution in [3.05, 3.63) is 107 Å². The van der Waals surface area contributed by atoms with Gasteiger partial charge < -0.3 is 0 Å². The second-order valence-electron chi connectivity index (χ2n) is 10.7. The Labute approximate surface area is 188 Å². The van der Waals surface area contributed by atoms with Crippen LogP contribution in [0.4, 0.5) is 0 Å². The van der Waals surface area contributed by atoms with Crippen molar-refractivity contribution >= 4 is 0 Å². The summed E-state index contributed by atoms with van der Waals surface area (Å²) < 4.78 is 0. The zero-order chi connectivity index (χ0) is 21.4. The predicted molar refractivity (Wildman–Crippen MR) is 134 cm³/mol. The van der Waals surface area contributed by atoms with Crippen molar-refractivity contribution in [2.45, 2.75) is 58.8 Å². The normalized spacial score (nSPS) is 28.2. The first kappa shape index (κ1) is 20.6. The van der Waals surface area contributed by atoms with Crippen molar-refractivity contribution in [2.24, 2.45) is 23.2 Å². The summed E-state index contributed by atoms with van der Waals surface area (Å²) in [6, 6.07) is 0. The minimum Gasteiger partial charge on any atom is -0.0949 e. The number of rotatable bonds is 8. The second kappa shape index (κ2) is 8.30. The van der Waals surface area contributed by atoms with Gasteiger partial charge in [0, 0.05) is 11.8 Å². The maximum Gasteiger partial charge on any atom is 0.0266 e. The molecule has 3 atom stereocenters. The lowest BCUT2D eigenvalue weighted by atomic mass is 9.79. The van der Waals surface area contributed by atoms with Crippen LogP contribution < -0.4 is 0 Å². The van der Waals surface area contributed by atoms with Crippen LogP contribution >= 0.6 is 0 Å². The number of allylic oxidation sites excluding steroid dienone is 17. The first-order valence-electron chi connectivity index (χ1n) is 12.3. The molecule has 5 aliphatic carbocycles. The van der Waals surface area contributed by atoms with Crippen molar-refractivity contribution in [3.8, 4) is 0 Å². The van der Waals surface area contributed by atoms with E-state index < -0.39 is 0 Å². The third-order valence-electron chi connectivity index (χ3n) is 7.95. The van der Waals surface area contributed by atoms with Crippen LogP contribution in [0.5, 0.6) is 0 Å². The number of fused-ring (bicyclic) bond motifs is 2. The molecular weight excluding hydrogens is 372 g/mol. The Morgan fingerprint density at radius 3 is 2.65 bits per heavy atom. The molecule has 0 spiro atoms. The van der Waals surface area contributed by atoms with E-state index in [2.05, 4.69) is 87.3 Å². The van der Waals surface area contributed by atoms with E-state index in [4.69, 9.17) is 0 Å². The van der Waals surface area contributed by atoms with Crippen LogP contribution in [0.3, 0.4) is 0 Å². The van der Waals surface area contributed by atoms with Gasteiger partial charge in [-0.3, -0.25) is 0 Å². The van der Waals surface area contributed by atoms with E-state index in [-0.39, 0.29) is 0 Å². The van der Waals surface area contributed by atoms with Gasteiger partial charge in [-0.05, 0) is 78.6 Å². The fraction of sp³-hybridized carbons (Fsp3) is 0.419. The molecule has 0 saturated heterocycles. The lowest BCUT2D eigenvalue weighted by Gasteiger charge is -2.26. The Hall–Kier alpha value is -2.34. The van der Waals surface area contributed by atoms with Crippen LogP contribution in [0.25, 0.3) is 0 Å². The average Bonchev–Trinajstić information content (AvgIpc) is 3.36. The van der Waals surface area contributed by atoms with E-state index in [1.165, 1.54) is 66.4 Å². The van der Waals surface area contributed by atoms with Gasteiger partial charge in [-0.1, -0.05) is 98.4 Å². The molecule has 0 aromatic rings. The van der Waals surface area contributed by atoms with Gasteiger partial charge in [0.25, 0.3) is 0 Å². The molecule has 0 radical (unpaired) electrons. The molecule has 5 aliphatic rings. The molecule has 0 nitrogen and oxygen atoms in total. The van der Waals surface area contributed by atoms with Crippen molar-refractivity contribution in [1.82, 2.24) is 0 Å². The highest BCUT2D eigenvalue weighted by molar-refractivity contribution is 5.52. The van der Waals surface area contributed by atoms with Gasteiger partial charge in [-0.2, -0.15) is 0 Å². The Morgan fingerprint density at radius 2 is 1.81 bits per heavy atom. The van der Waals surface area contributed by atoms with Gasteiger partial charge in [-0.25, -0.2) is 0 Å². The van der Waals surface area contributed by atoms with Crippen molar-refractivity contribution in [1.29, 1.82) is 0 Å². The molecular formula is C31H36. The molecule has 1 saturated carbocycles. The zero-order valence-electron chi connectivity index (χ0n) is 19.2. The molecule has 0 aromatic carbocycles. The molecule has 31 heavy (non-hydrogen) atoms. The number of hydrogen-bond acceptors (Lipinski definition) is 0. The first-order valence-corrected chi connectivity index (χ1v) is 12.3. The topological polar surface area (TPSA) is 0 Å². The fourth-order valence-corrected chi connectivity index (χ4v) is 5.39. The highest BCUT2D eigenvalue weighted by Gasteiger charge is 2.36. The summed E-state index contributed by atoms with van der Waals surface area (Å²) in [4.78, 5) is 0. The Bertz CT molecular complexity index is 1010. The SMILES string of the molecule is C=C1C=C(C(C)CCC2=CC3C=C(CCCC4(C)CC4)C=CC3=C2)C=C2C=CC=CC12. The molecule has 0 heterocycles. The summed E-state index contributed by atoms with van der Waals surface area (Å²) in [6.45, 7) is 9.14. The van der Waals surface area contributed by atoms with E-state index in [0.717, 1.165) is 6.42 Å². The summed E-state index contributed by atoms with van der Waals surface area (Å²) in [5.74, 6) is 1.45. The van der Waals surface area contributed by atoms with Crippen LogP contribution in [-0.2, 0) is 0 Å². The fourth-order valence-electron chi connectivity index (χ4n) is 5.39. The highest BCUT2D eigenvalue weighted by atomic mass is 14.4. The molecule has 3 unspecified atom stereocenters. The van der Waals surface area contributed by atoms with Gasteiger partial charge in [0.05, 0.1) is 0 Å². The van der Waals surface area contributed by atoms with Gasteiger partial charge in [0.15, 0.2) is 0 Å². The summed E-state index contributed by atoms with van der Waals surface area (Å²) in [6.07, 6.45) is 34.9. The minimum absolute atomic E-state index is 0.381. The Kier molecular flexibility index (Phi) is 5.51. The molecule has 0 N–H and O–H groups in total. The van der Waals surface area contributed by atoms with Crippen LogP contribution in [0.15, 0.2) is 107 Å². The molecule has 160 valence electrons. The number of hydrogen-bond donors (Lipinski definition) is 0. The van der Waals surface area contributed by atoms with E-state index in [1.807, 2.05) is 0 Å². The smallest absolute Gasteiger partial charge is 0.0266 e. The largest absolute Gasteiger partial charge is 0.0949 e. The standard InChI is InChI=1S/C31H36/c1-22(28-17-23(2)30-9-5-4-8-27(30)21-28)10-11-25-19-26-13-12-24(18-29(26)20-25)7-6-14-31(3)15-16-31/h4-5,8-9,12-13,17-22,29-30H,2,6-7,10-11,14-16H2,1,3H3. The van der Waals surface area contributed by atoms with E-state index in [0.29, 0.717) is 23.2 Å². The molecule has 0 heteroatoms. The lowest BCUT2D eigenvalue weighted by Crippen LogP contribution is -2.11. The van der Waals surface area contributed by atoms with Gasteiger partial charge in [0.2, 0.25) is 0 Å². The maximum atomic E-state index is 4.33. The Balaban J connectivity index is 1.16. The molecule has 0 aromatic heterocycles. The van der Waals surface area contributed by atoms with Crippen molar-refractivity contribution in [3.63, 3.8) is 0 Å². The molecule has 0 amide bonds. The predicted octanol–water partition coefficient (Wildman–Crippen LogP) is 8.52. The first-order chi connectivity index (χ1) is 15.0. The summed E-state index contributed by atoms with van der Waals surface area (Å²) >= 11 is 0. The Morgan fingerprint density at radius 1 is 0.968 bits per heavy atom. The van der Waals surface area contributed by atoms with Gasteiger partial charge in [0.1, 0.15) is 0 Å². The van der Waals surface area contributed by atoms with Crippen LogP contribution in [0.2, 0.25) is 0 Å². The van der Waals surface area contributed by atoms with E-state index in [1.54, 1.807) is 5.57 Å². The zero-order valence-corrected chi connectivity index (χ0v) is 19.2. The van der Waals surface area contributed by atoms with Crippen molar-refractivity contribution in [2.75, 3.05) is 0 Å². The molecule has 1 fully saturated rings. The van der Waals surface area contributed by atoms with Crippen LogP contribution in [0, 0.1) is 23.2 Å². The van der Waals surface area contributed by atoms with Gasteiger partial charge in [-0.15, -0.1) is 0 Å². The summed E-state index contributed by atoms with van der Waals surface area (Å²) in [5.41, 5.74) is 9.28. The van der Waals surface area contributed by atoms with Crippen LogP contribution in [-0.4, -0.2) is 0 Å². The lowest BCUT2D eigenvalue weighted by molar-refractivity contribution is 0.495. The van der Waals surface area contributed by atoms with Crippen LogP contribution in [0.1, 0.15) is 58.8 Å². The third kappa shape index (κ3) is 4.64. The van der Waals surface area contributed by atoms with Gasteiger partial charge >= 0.3 is 0 Å². The average molecular weight is 409 g/mol. The van der Waals surface area contributed by atoms with E-state index >= 15 is 0 Å². The highest BCUT2D eigenvalue weighted by Crippen LogP contribution is 2.49. The second-order valence-corrected chi connectivity index (χ2v) is 10.7. The molecule has 0 bridgehead atoms. The quantitative estimate of drug-likeness (QED) is 0.377. The minimum atomic E-state index is 0.381. The third-order valence-corrected chi connectivity index (χ3v) is 7.95.